The van der Waals surface area contributed by atoms with Gasteiger partial charge in [0.15, 0.2) is 0 Å². The number of para-hydroxylation sites is 2. The van der Waals surface area contributed by atoms with Crippen molar-refractivity contribution in [2.45, 2.75) is 104 Å². The molecule has 9 N–H and O–H groups in total. The van der Waals surface area contributed by atoms with E-state index in [-0.39, 0.29) is 29.9 Å². The van der Waals surface area contributed by atoms with E-state index in [1.807, 2.05) is 134 Å². The van der Waals surface area contributed by atoms with Gasteiger partial charge in [-0.15, -0.1) is 0 Å². The van der Waals surface area contributed by atoms with Gasteiger partial charge in [0.05, 0.1) is 45.8 Å². The molecule has 25 heteroatoms. The van der Waals surface area contributed by atoms with E-state index in [0.717, 1.165) is 51.6 Å². The number of halogens is 3. The number of fused-ring (bicyclic) bond motifs is 2. The molecule has 2 unspecified atom stereocenters. The first-order chi connectivity index (χ1) is 42.5. The summed E-state index contributed by atoms with van der Waals surface area (Å²) >= 11 is 17.7. The van der Waals surface area contributed by atoms with Crippen molar-refractivity contribution < 1.29 is 43.3 Å². The minimum absolute atomic E-state index is 0.0000918. The molecule has 0 radical (unpaired) electrons. The van der Waals surface area contributed by atoms with Crippen LogP contribution in [0.3, 0.4) is 0 Å². The van der Waals surface area contributed by atoms with E-state index in [1.54, 1.807) is 62.6 Å². The van der Waals surface area contributed by atoms with Crippen LogP contribution in [0, 0.1) is 11.8 Å². The largest absolute Gasteiger partial charge is 0.481 e. The van der Waals surface area contributed by atoms with Gasteiger partial charge in [-0.1, -0.05) is 71.7 Å². The number of likely N-dealkylation sites (N-methyl/N-ethyl adjacent to an activating group) is 2. The molecule has 0 bridgehead atoms. The number of Topliss-reactive ketones (excluding diaryl/α,β-unsaturated/α-hetero) is 1. The maximum atomic E-state index is 13.3. The molecule has 10 rings (SSSR count). The van der Waals surface area contributed by atoms with E-state index >= 15 is 0 Å². The van der Waals surface area contributed by atoms with Crippen LogP contribution >= 0.6 is 34.8 Å². The van der Waals surface area contributed by atoms with Crippen molar-refractivity contribution in [2.24, 2.45) is 11.8 Å². The fourth-order valence-electron chi connectivity index (χ4n) is 10.1. The normalized spacial score (nSPS) is 16.8. The molecule has 478 valence electrons. The van der Waals surface area contributed by atoms with Gasteiger partial charge in [-0.25, -0.2) is 34.3 Å². The number of nitrogens with two attached hydrogens (primary N) is 1. The van der Waals surface area contributed by atoms with Crippen molar-refractivity contribution in [3.05, 3.63) is 137 Å². The van der Waals surface area contributed by atoms with Crippen LogP contribution < -0.4 is 27.0 Å². The zero-order valence-electron chi connectivity index (χ0n) is 52.0. The SMILES string of the molecule is CC(C)(C)OC(=O)Nc1ccc(N)cc1.CC(C)OC(=O)Cl.CN1CC(Nc2ncc(Cl)c(-c3c[nH]c4ccccc34)n2)C[C@@H](C(=O)Cc2ccc(NC(=O)OC(C)(C)C)cc2)C1.CN1CC(Nc2ncc(Cl)c(-c3c[nH]c4ccccc34)n2)C[C@@H](C(=O)O)C1. The number of hydrogen-bond donors (Lipinski definition) is 8. The summed E-state index contributed by atoms with van der Waals surface area (Å²) in [5.74, 6) is -0.205. The number of benzene rings is 4. The standard InChI is InChI=1S/C31H35ClN6O3.C19H20ClN5O2.C11H16N2O2.C4H7ClO2/c1-31(2,3)41-30(40)36-21-11-9-19(10-12-21)13-27(39)20-14-22(18-38(4)17-20)35-29-34-16-25(32)28(37-29)24-15-33-26-8-6-5-7-23(24)26;1-25-9-11(18(26)27)6-12(10-25)23-19-22-8-15(20)17(24-19)14-7-21-16-5-3-2-4-13(14)16;1-11(2,3)15-10(14)13-9-6-4-8(12)5-7-9;1-3(2)7-4(5)6/h5-12,15-16,20,22,33H,13-14,17-18H2,1-4H3,(H,36,40)(H,34,35,37);2-5,7-8,11-12,21H,6,9-10H2,1H3,(H,26,27)(H,22,23,24);4-7H,12H2,1-3H3,(H,13,14);3H,1-2H3/t20-,22?;11-,12?;;/m11../s1. The second-order valence-electron chi connectivity index (χ2n) is 24.2. The Morgan fingerprint density at radius 3 is 1.48 bits per heavy atom. The number of likely N-dealkylation sites (tertiary alicyclic amines) is 2. The smallest absolute Gasteiger partial charge is 0.412 e. The molecule has 22 nitrogen and oxygen atoms in total. The Hall–Kier alpha value is -8.54. The third-order valence-electron chi connectivity index (χ3n) is 13.8. The molecule has 2 aliphatic heterocycles. The minimum atomic E-state index is -0.773. The van der Waals surface area contributed by atoms with E-state index in [2.05, 4.69) is 55.8 Å². The number of carbonyl (C=O) groups excluding carboxylic acids is 4. The maximum absolute atomic E-state index is 13.3. The molecule has 2 fully saturated rings. The molecule has 4 aromatic carbocycles. The number of ether oxygens (including phenoxy) is 3. The van der Waals surface area contributed by atoms with Gasteiger partial charge in [0.25, 0.3) is 0 Å². The number of amides is 2. The highest BCUT2D eigenvalue weighted by Crippen LogP contribution is 2.35. The number of aliphatic carboxylic acids is 1. The summed E-state index contributed by atoms with van der Waals surface area (Å²) < 4.78 is 14.8. The molecule has 2 aliphatic rings. The van der Waals surface area contributed by atoms with Gasteiger partial charge in [-0.2, -0.15) is 0 Å². The summed E-state index contributed by atoms with van der Waals surface area (Å²) in [5, 5.41) is 24.4. The van der Waals surface area contributed by atoms with Crippen LogP contribution in [0.15, 0.2) is 122 Å². The lowest BCUT2D eigenvalue weighted by Crippen LogP contribution is -2.47. The zero-order valence-corrected chi connectivity index (χ0v) is 54.3. The lowest BCUT2D eigenvalue weighted by Gasteiger charge is -2.35. The van der Waals surface area contributed by atoms with Crippen molar-refractivity contribution in [1.29, 1.82) is 0 Å². The number of rotatable bonds is 13. The number of ketones is 1. The van der Waals surface area contributed by atoms with E-state index in [0.29, 0.717) is 82.7 Å². The van der Waals surface area contributed by atoms with Crippen molar-refractivity contribution in [1.82, 2.24) is 39.7 Å². The van der Waals surface area contributed by atoms with E-state index < -0.39 is 40.7 Å². The number of piperidine rings is 2. The molecule has 0 saturated carbocycles. The van der Waals surface area contributed by atoms with Gasteiger partial charge < -0.3 is 55.5 Å². The molecule has 8 aromatic rings. The Balaban J connectivity index is 0.000000200. The van der Waals surface area contributed by atoms with Crippen molar-refractivity contribution in [3.63, 3.8) is 0 Å². The number of H-pyrrole nitrogens is 2. The van der Waals surface area contributed by atoms with Crippen LogP contribution in [-0.4, -0.2) is 144 Å². The molecule has 6 heterocycles. The lowest BCUT2D eigenvalue weighted by molar-refractivity contribution is -0.143. The van der Waals surface area contributed by atoms with Crippen molar-refractivity contribution in [3.8, 4) is 22.5 Å². The predicted octanol–water partition coefficient (Wildman–Crippen LogP) is 13.7. The summed E-state index contributed by atoms with van der Waals surface area (Å²) in [6.45, 7) is 17.1. The van der Waals surface area contributed by atoms with Crippen LogP contribution in [0.25, 0.3) is 44.3 Å². The average molecular weight is 1290 g/mol. The first-order valence-electron chi connectivity index (χ1n) is 29.2. The quantitative estimate of drug-likeness (QED) is 0.0302. The molecule has 2 saturated heterocycles. The Bertz CT molecular complexity index is 3740. The number of carboxylic acids is 1. The molecule has 0 aliphatic carbocycles. The minimum Gasteiger partial charge on any atom is -0.481 e. The number of hydrogen-bond acceptors (Lipinski definition) is 17. The fraction of sp³-hybridized carbons (Fsp3) is 0.369. The van der Waals surface area contributed by atoms with E-state index in [4.69, 9.17) is 55.0 Å². The highest BCUT2D eigenvalue weighted by molar-refractivity contribution is 6.61. The second kappa shape index (κ2) is 31.3. The second-order valence-corrected chi connectivity index (χ2v) is 25.3. The number of aromatic nitrogens is 6. The molecule has 4 atom stereocenters. The predicted molar refractivity (Wildman–Crippen MR) is 356 cm³/mol. The Kier molecular flexibility index (Phi) is 24.0. The van der Waals surface area contributed by atoms with Gasteiger partial charge in [0.2, 0.25) is 11.9 Å². The van der Waals surface area contributed by atoms with Gasteiger partial charge in [0, 0.05) is 125 Å². The molecular weight excluding hydrogens is 1210 g/mol. The van der Waals surface area contributed by atoms with Crippen LogP contribution in [0.4, 0.5) is 43.3 Å². The Labute approximate surface area is 538 Å². The number of carbonyl (C=O) groups is 5. The van der Waals surface area contributed by atoms with Crippen LogP contribution in [0.2, 0.25) is 10.0 Å². The first kappa shape index (κ1) is 68.9. The Morgan fingerprint density at radius 2 is 1.07 bits per heavy atom. The number of anilines is 5. The summed E-state index contributed by atoms with van der Waals surface area (Å²) in [5.41, 5.74) is 11.7. The molecule has 4 aromatic heterocycles. The highest BCUT2D eigenvalue weighted by Gasteiger charge is 2.32. The number of nitrogen functional groups attached to an aromatic ring is 1. The monoisotopic (exact) mass is 1290 g/mol. The highest BCUT2D eigenvalue weighted by atomic mass is 35.5. The van der Waals surface area contributed by atoms with E-state index in [1.165, 1.54) is 0 Å². The molecule has 0 spiro atoms. The lowest BCUT2D eigenvalue weighted by atomic mass is 9.88. The molecular formula is C65H78Cl3N13O9. The molecule has 90 heavy (non-hydrogen) atoms. The third kappa shape index (κ3) is 21.3. The third-order valence-corrected chi connectivity index (χ3v) is 14.4. The first-order valence-corrected chi connectivity index (χ1v) is 30.3. The van der Waals surface area contributed by atoms with Gasteiger partial charge >= 0.3 is 23.6 Å². The maximum Gasteiger partial charge on any atom is 0.412 e. The van der Waals surface area contributed by atoms with Gasteiger partial charge in [0.1, 0.15) is 17.0 Å². The van der Waals surface area contributed by atoms with Crippen molar-refractivity contribution >= 4 is 115 Å². The van der Waals surface area contributed by atoms with Gasteiger partial charge in [-0.05, 0) is 136 Å². The summed E-state index contributed by atoms with van der Waals surface area (Å²) in [7, 11) is 3.94. The number of aromatic amines is 2. The summed E-state index contributed by atoms with van der Waals surface area (Å²) in [6.07, 6.45) is 7.44. The van der Waals surface area contributed by atoms with Gasteiger partial charge in [-0.3, -0.25) is 20.2 Å². The fourth-order valence-corrected chi connectivity index (χ4v) is 10.6. The summed E-state index contributed by atoms with van der Waals surface area (Å²) in [6, 6.07) is 30.1. The Morgan fingerprint density at radius 1 is 0.644 bits per heavy atom. The zero-order chi connectivity index (χ0) is 65.5. The van der Waals surface area contributed by atoms with Crippen LogP contribution in [0.1, 0.15) is 73.8 Å². The number of carboxylic acid groups (broad SMARTS) is 1. The van der Waals surface area contributed by atoms with Crippen LogP contribution in [0.5, 0.6) is 0 Å². The topological polar surface area (TPSA) is 297 Å². The van der Waals surface area contributed by atoms with Crippen LogP contribution in [-0.2, 0) is 30.2 Å². The summed E-state index contributed by atoms with van der Waals surface area (Å²) in [4.78, 5) is 86.6. The van der Waals surface area contributed by atoms with Crippen molar-refractivity contribution in [2.75, 3.05) is 67.3 Å². The molecule has 2 amide bonds. The van der Waals surface area contributed by atoms with E-state index in [9.17, 15) is 29.1 Å². The number of nitrogens with one attached hydrogen (secondary N) is 6. The average Bonchev–Trinajstić information content (AvgIpc) is 1.65. The number of nitrogens with zero attached hydrogens (tertiary/aromatic N) is 6.